The first-order valence-electron chi connectivity index (χ1n) is 8.62. The molecule has 3 aromatic rings. The molecule has 0 atom stereocenters. The van der Waals surface area contributed by atoms with Gasteiger partial charge < -0.3 is 13.9 Å². The van der Waals surface area contributed by atoms with Gasteiger partial charge in [-0.1, -0.05) is 46.8 Å². The van der Waals surface area contributed by atoms with Gasteiger partial charge in [0.15, 0.2) is 11.3 Å². The van der Waals surface area contributed by atoms with Crippen LogP contribution in [0.15, 0.2) is 70.4 Å². The third-order valence-corrected chi connectivity index (χ3v) is 4.48. The van der Waals surface area contributed by atoms with Crippen LogP contribution in [0.5, 0.6) is 11.5 Å². The second-order valence-electron chi connectivity index (χ2n) is 6.54. The van der Waals surface area contributed by atoms with Gasteiger partial charge in [-0.3, -0.25) is 4.79 Å². The van der Waals surface area contributed by atoms with Gasteiger partial charge in [0.2, 0.25) is 11.2 Å². The van der Waals surface area contributed by atoms with Gasteiger partial charge >= 0.3 is 0 Å². The normalized spacial score (nSPS) is 12.0. The summed E-state index contributed by atoms with van der Waals surface area (Å²) in [4.78, 5) is 12.9. The molecule has 140 valence electrons. The third-order valence-electron chi connectivity index (χ3n) is 4.11. The topological polar surface area (TPSA) is 48.7 Å². The molecule has 2 aromatic carbocycles. The number of benzene rings is 2. The Hall–Kier alpha value is -2.53. The van der Waals surface area contributed by atoms with Gasteiger partial charge in [-0.25, -0.2) is 0 Å². The number of fused-ring (bicyclic) bond motifs is 2. The lowest BCUT2D eigenvalue weighted by molar-refractivity contribution is 0.154. The van der Waals surface area contributed by atoms with E-state index < -0.39 is 5.60 Å². The van der Waals surface area contributed by atoms with Gasteiger partial charge in [-0.2, -0.15) is 0 Å². The van der Waals surface area contributed by atoms with Crippen LogP contribution < -0.4 is 14.9 Å². The first kappa shape index (κ1) is 19.2. The maximum atomic E-state index is 12.9. The van der Waals surface area contributed by atoms with E-state index in [1.165, 1.54) is 0 Å². The Bertz CT molecular complexity index is 1060. The van der Waals surface area contributed by atoms with Crippen LogP contribution in [-0.4, -0.2) is 17.5 Å². The molecule has 0 aliphatic carbocycles. The average molecular weight is 429 g/mol. The molecule has 0 amide bonds. The van der Waals surface area contributed by atoms with Crippen LogP contribution >= 0.6 is 15.9 Å². The summed E-state index contributed by atoms with van der Waals surface area (Å²) in [6.45, 7) is 7.93. The number of alkyl halides is 1. The van der Waals surface area contributed by atoms with Crippen LogP contribution in [-0.2, 0) is 0 Å². The van der Waals surface area contributed by atoms with Crippen molar-refractivity contribution in [3.05, 3.63) is 71.4 Å². The molecule has 0 N–H and O–H groups in total. The van der Waals surface area contributed by atoms with E-state index in [1.807, 2.05) is 38.1 Å². The van der Waals surface area contributed by atoms with Crippen molar-refractivity contribution in [3.8, 4) is 11.5 Å². The second-order valence-corrected chi connectivity index (χ2v) is 7.19. The Morgan fingerprint density at radius 1 is 1.15 bits per heavy atom. The molecule has 0 aliphatic rings. The fourth-order valence-electron chi connectivity index (χ4n) is 2.63. The van der Waals surface area contributed by atoms with Gasteiger partial charge in [-0.05, 0) is 44.2 Å². The van der Waals surface area contributed by atoms with Gasteiger partial charge in [0.25, 0.3) is 0 Å². The van der Waals surface area contributed by atoms with Crippen molar-refractivity contribution in [2.75, 3.05) is 11.9 Å². The summed E-state index contributed by atoms with van der Waals surface area (Å²) in [6.07, 6.45) is 5.53. The first-order chi connectivity index (χ1) is 13.0. The zero-order chi connectivity index (χ0) is 19.4. The van der Waals surface area contributed by atoms with Gasteiger partial charge in [0.1, 0.15) is 17.8 Å². The summed E-state index contributed by atoms with van der Waals surface area (Å²) < 4.78 is 18.0. The molecule has 5 heteroatoms. The minimum absolute atomic E-state index is 0.0952. The molecule has 0 spiro atoms. The zero-order valence-electron chi connectivity index (χ0n) is 15.3. The Labute approximate surface area is 166 Å². The highest BCUT2D eigenvalue weighted by atomic mass is 79.9. The summed E-state index contributed by atoms with van der Waals surface area (Å²) >= 11 is 3.34. The SMILES string of the molecule is C=CC(C)(C)Oc1ccc2c(=O)c3ccccc3oc2c1OC/C=C/CBr. The lowest BCUT2D eigenvalue weighted by Gasteiger charge is -2.24. The summed E-state index contributed by atoms with van der Waals surface area (Å²) in [6, 6.07) is 10.6. The molecule has 0 aliphatic heterocycles. The van der Waals surface area contributed by atoms with Crippen molar-refractivity contribution in [2.45, 2.75) is 19.4 Å². The molecule has 4 nitrogen and oxygen atoms in total. The smallest absolute Gasteiger partial charge is 0.205 e. The fourth-order valence-corrected chi connectivity index (χ4v) is 2.89. The molecular weight excluding hydrogens is 408 g/mol. The van der Waals surface area contributed by atoms with Crippen LogP contribution in [0, 0.1) is 0 Å². The predicted octanol–water partition coefficient (Wildman–Crippen LogP) is 5.62. The molecule has 27 heavy (non-hydrogen) atoms. The maximum Gasteiger partial charge on any atom is 0.205 e. The van der Waals surface area contributed by atoms with Crippen LogP contribution in [0.25, 0.3) is 21.9 Å². The number of para-hydroxylation sites is 1. The monoisotopic (exact) mass is 428 g/mol. The number of hydrogen-bond donors (Lipinski definition) is 0. The molecule has 1 heterocycles. The Kier molecular flexibility index (Phi) is 5.71. The molecule has 0 unspecified atom stereocenters. The largest absolute Gasteiger partial charge is 0.482 e. The van der Waals surface area contributed by atoms with E-state index in [0.717, 1.165) is 5.33 Å². The standard InChI is InChI=1S/C22H21BrO4/c1-4-22(2,3)27-18-12-11-16-19(24)15-9-5-6-10-17(15)26-20(16)21(18)25-14-8-7-13-23/h4-12H,1,13-14H2,2-3H3/b8-7+. The van der Waals surface area contributed by atoms with Crippen molar-refractivity contribution < 1.29 is 13.9 Å². The summed E-state index contributed by atoms with van der Waals surface area (Å²) in [5.74, 6) is 0.905. The molecule has 0 saturated heterocycles. The fraction of sp³-hybridized carbons (Fsp3) is 0.227. The van der Waals surface area contributed by atoms with E-state index >= 15 is 0 Å². The molecule has 0 fully saturated rings. The molecule has 0 radical (unpaired) electrons. The average Bonchev–Trinajstić information content (AvgIpc) is 2.66. The molecule has 0 bridgehead atoms. The molecule has 3 rings (SSSR count). The lowest BCUT2D eigenvalue weighted by atomic mass is 10.1. The molecule has 0 saturated carbocycles. The van der Waals surface area contributed by atoms with Gasteiger partial charge in [0, 0.05) is 5.33 Å². The quantitative estimate of drug-likeness (QED) is 0.278. The second kappa shape index (κ2) is 8.01. The molecule has 1 aromatic heterocycles. The van der Waals surface area contributed by atoms with Crippen LogP contribution in [0.4, 0.5) is 0 Å². The van der Waals surface area contributed by atoms with E-state index in [1.54, 1.807) is 30.3 Å². The van der Waals surface area contributed by atoms with Crippen LogP contribution in [0.1, 0.15) is 13.8 Å². The summed E-state index contributed by atoms with van der Waals surface area (Å²) in [7, 11) is 0. The number of ether oxygens (including phenoxy) is 2. The van der Waals surface area contributed by atoms with Crippen molar-refractivity contribution in [2.24, 2.45) is 0 Å². The number of halogens is 1. The van der Waals surface area contributed by atoms with Crippen LogP contribution in [0.3, 0.4) is 0 Å². The highest BCUT2D eigenvalue weighted by Crippen LogP contribution is 2.38. The Morgan fingerprint density at radius 3 is 2.67 bits per heavy atom. The predicted molar refractivity (Wildman–Crippen MR) is 113 cm³/mol. The first-order valence-corrected chi connectivity index (χ1v) is 9.74. The van der Waals surface area contributed by atoms with E-state index in [9.17, 15) is 4.79 Å². The van der Waals surface area contributed by atoms with Crippen molar-refractivity contribution in [1.82, 2.24) is 0 Å². The number of hydrogen-bond acceptors (Lipinski definition) is 4. The van der Waals surface area contributed by atoms with Crippen molar-refractivity contribution in [3.63, 3.8) is 0 Å². The third kappa shape index (κ3) is 4.08. The lowest BCUT2D eigenvalue weighted by Crippen LogP contribution is -2.25. The number of allylic oxidation sites excluding steroid dienone is 1. The zero-order valence-corrected chi connectivity index (χ0v) is 16.9. The number of rotatable bonds is 7. The van der Waals surface area contributed by atoms with E-state index in [0.29, 0.717) is 40.0 Å². The highest BCUT2D eigenvalue weighted by molar-refractivity contribution is 9.09. The highest BCUT2D eigenvalue weighted by Gasteiger charge is 2.22. The van der Waals surface area contributed by atoms with Crippen molar-refractivity contribution >= 4 is 37.9 Å². The van der Waals surface area contributed by atoms with Gasteiger partial charge in [-0.15, -0.1) is 0 Å². The van der Waals surface area contributed by atoms with Gasteiger partial charge in [0.05, 0.1) is 10.8 Å². The maximum absolute atomic E-state index is 12.9. The van der Waals surface area contributed by atoms with Crippen LogP contribution in [0.2, 0.25) is 0 Å². The summed E-state index contributed by atoms with van der Waals surface area (Å²) in [5, 5.41) is 1.73. The molecular formula is C22H21BrO4. The Morgan fingerprint density at radius 2 is 1.93 bits per heavy atom. The van der Waals surface area contributed by atoms with E-state index in [2.05, 4.69) is 22.5 Å². The van der Waals surface area contributed by atoms with Crippen molar-refractivity contribution in [1.29, 1.82) is 0 Å². The minimum Gasteiger partial charge on any atom is -0.482 e. The van der Waals surface area contributed by atoms with E-state index in [-0.39, 0.29) is 5.43 Å². The summed E-state index contributed by atoms with van der Waals surface area (Å²) in [5.41, 5.74) is 0.191. The Balaban J connectivity index is 2.22. The van der Waals surface area contributed by atoms with E-state index in [4.69, 9.17) is 13.9 Å². The minimum atomic E-state index is -0.603.